The van der Waals surface area contributed by atoms with Crippen LogP contribution in [0.15, 0.2) is 24.7 Å². The first-order valence-electron chi connectivity index (χ1n) is 6.85. The van der Waals surface area contributed by atoms with Crippen molar-refractivity contribution >= 4 is 29.1 Å². The minimum Gasteiger partial charge on any atom is -0.345 e. The number of fused-ring (bicyclic) bond motifs is 3. The third-order valence-corrected chi connectivity index (χ3v) is 4.25. The van der Waals surface area contributed by atoms with E-state index in [0.717, 1.165) is 35.6 Å². The molecule has 0 aromatic carbocycles. The van der Waals surface area contributed by atoms with E-state index >= 15 is 0 Å². The predicted octanol–water partition coefficient (Wildman–Crippen LogP) is 2.35. The Bertz CT molecular complexity index is 731. The topological polar surface area (TPSA) is 58.0 Å². The minimum atomic E-state index is 0. The second kappa shape index (κ2) is 5.07. The van der Waals surface area contributed by atoms with Gasteiger partial charge in [0.25, 0.3) is 0 Å². The maximum atomic E-state index is 4.67. The normalized spacial score (nSPS) is 23.1. The monoisotopic (exact) mass is 291 g/mol. The van der Waals surface area contributed by atoms with Crippen LogP contribution in [0.25, 0.3) is 16.7 Å². The Morgan fingerprint density at radius 1 is 1.30 bits per heavy atom. The van der Waals surface area contributed by atoms with Crippen LogP contribution in [0.3, 0.4) is 0 Å². The molecule has 1 aliphatic heterocycles. The standard InChI is InChI=1S/C14H17N5.ClH/c1-9-2-4-15-8-11(9)14-18-7-10-6-17-13-12(19(10)14)3-5-16-13;/h3,5-7,9,11,15-16H,2,4,8H2,1H3;1H. The molecule has 2 N–H and O–H groups in total. The van der Waals surface area contributed by atoms with Crippen LogP contribution in [-0.2, 0) is 0 Å². The zero-order valence-corrected chi connectivity index (χ0v) is 12.2. The molecule has 6 heteroatoms. The molecule has 4 heterocycles. The Morgan fingerprint density at radius 2 is 2.15 bits per heavy atom. The van der Waals surface area contributed by atoms with Gasteiger partial charge in [0, 0.05) is 18.7 Å². The largest absolute Gasteiger partial charge is 0.345 e. The first-order valence-corrected chi connectivity index (χ1v) is 6.85. The summed E-state index contributed by atoms with van der Waals surface area (Å²) < 4.78 is 2.24. The lowest BCUT2D eigenvalue weighted by atomic mass is 9.87. The number of hydrogen-bond donors (Lipinski definition) is 2. The van der Waals surface area contributed by atoms with E-state index in [4.69, 9.17) is 0 Å². The van der Waals surface area contributed by atoms with Crippen molar-refractivity contribution in [1.82, 2.24) is 24.7 Å². The van der Waals surface area contributed by atoms with Crippen LogP contribution in [0.4, 0.5) is 0 Å². The van der Waals surface area contributed by atoms with E-state index < -0.39 is 0 Å². The van der Waals surface area contributed by atoms with E-state index in [1.54, 1.807) is 0 Å². The van der Waals surface area contributed by atoms with Gasteiger partial charge in [0.2, 0.25) is 0 Å². The van der Waals surface area contributed by atoms with E-state index in [1.807, 2.05) is 18.6 Å². The molecule has 1 saturated heterocycles. The Hall–Kier alpha value is -1.59. The summed E-state index contributed by atoms with van der Waals surface area (Å²) in [4.78, 5) is 12.3. The first-order chi connectivity index (χ1) is 9.34. The summed E-state index contributed by atoms with van der Waals surface area (Å²) in [5, 5.41) is 3.48. The molecular formula is C14H18ClN5. The van der Waals surface area contributed by atoms with Gasteiger partial charge in [0.05, 0.1) is 23.4 Å². The van der Waals surface area contributed by atoms with Crippen LogP contribution in [0.2, 0.25) is 0 Å². The second-order valence-corrected chi connectivity index (χ2v) is 5.42. The van der Waals surface area contributed by atoms with Crippen molar-refractivity contribution in [3.8, 4) is 0 Å². The molecule has 106 valence electrons. The van der Waals surface area contributed by atoms with Gasteiger partial charge >= 0.3 is 0 Å². The highest BCUT2D eigenvalue weighted by atomic mass is 35.5. The first kappa shape index (κ1) is 13.4. The fraction of sp³-hybridized carbons (Fsp3) is 0.429. The summed E-state index contributed by atoms with van der Waals surface area (Å²) in [6, 6.07) is 2.07. The molecule has 1 fully saturated rings. The number of aromatic nitrogens is 4. The van der Waals surface area contributed by atoms with Crippen molar-refractivity contribution in [3.63, 3.8) is 0 Å². The number of aromatic amines is 1. The molecule has 0 spiro atoms. The summed E-state index contributed by atoms with van der Waals surface area (Å²) in [5.74, 6) is 2.28. The van der Waals surface area contributed by atoms with Gasteiger partial charge in [-0.2, -0.15) is 0 Å². The predicted molar refractivity (Wildman–Crippen MR) is 81.5 cm³/mol. The van der Waals surface area contributed by atoms with Gasteiger partial charge in [0.1, 0.15) is 5.82 Å². The quantitative estimate of drug-likeness (QED) is 0.723. The molecule has 0 radical (unpaired) electrons. The van der Waals surface area contributed by atoms with Gasteiger partial charge < -0.3 is 10.3 Å². The highest BCUT2D eigenvalue weighted by molar-refractivity contribution is 5.85. The second-order valence-electron chi connectivity index (χ2n) is 5.42. The summed E-state index contributed by atoms with van der Waals surface area (Å²) in [6.45, 7) is 4.44. The maximum absolute atomic E-state index is 4.67. The van der Waals surface area contributed by atoms with Crippen molar-refractivity contribution < 1.29 is 0 Å². The molecule has 3 aromatic rings. The number of rotatable bonds is 1. The van der Waals surface area contributed by atoms with E-state index in [1.165, 1.54) is 6.42 Å². The van der Waals surface area contributed by atoms with Gasteiger partial charge in [-0.3, -0.25) is 4.40 Å². The number of piperidine rings is 1. The van der Waals surface area contributed by atoms with Gasteiger partial charge in [-0.05, 0) is 24.9 Å². The number of halogens is 1. The third-order valence-electron chi connectivity index (χ3n) is 4.25. The van der Waals surface area contributed by atoms with Crippen molar-refractivity contribution in [1.29, 1.82) is 0 Å². The Labute approximate surface area is 123 Å². The van der Waals surface area contributed by atoms with Crippen LogP contribution in [0.1, 0.15) is 25.1 Å². The SMILES string of the molecule is CC1CCNCC1c1ncc2cnc3[nH]ccc3n12.Cl. The molecule has 1 aliphatic rings. The van der Waals surface area contributed by atoms with Crippen LogP contribution >= 0.6 is 12.4 Å². The fourth-order valence-corrected chi connectivity index (χ4v) is 3.10. The van der Waals surface area contributed by atoms with E-state index in [-0.39, 0.29) is 12.4 Å². The lowest BCUT2D eigenvalue weighted by Gasteiger charge is -2.28. The lowest BCUT2D eigenvalue weighted by molar-refractivity contribution is 0.337. The number of nitrogens with zero attached hydrogens (tertiary/aromatic N) is 3. The van der Waals surface area contributed by atoms with Crippen molar-refractivity contribution in [2.24, 2.45) is 5.92 Å². The molecule has 5 nitrogen and oxygen atoms in total. The molecule has 0 aliphatic carbocycles. The number of nitrogens with one attached hydrogen (secondary N) is 2. The molecule has 20 heavy (non-hydrogen) atoms. The summed E-state index contributed by atoms with van der Waals surface area (Å²) in [5.41, 5.74) is 3.10. The number of imidazole rings is 1. The molecule has 0 saturated carbocycles. The Balaban J connectivity index is 0.00000121. The van der Waals surface area contributed by atoms with Crippen LogP contribution in [0, 0.1) is 5.92 Å². The summed E-state index contributed by atoms with van der Waals surface area (Å²) in [7, 11) is 0. The molecular weight excluding hydrogens is 274 g/mol. The van der Waals surface area contributed by atoms with Crippen molar-refractivity contribution in [2.75, 3.05) is 13.1 Å². The summed E-state index contributed by atoms with van der Waals surface area (Å²) in [6.07, 6.45) is 6.96. The zero-order valence-electron chi connectivity index (χ0n) is 11.3. The van der Waals surface area contributed by atoms with Crippen LogP contribution in [0.5, 0.6) is 0 Å². The fourth-order valence-electron chi connectivity index (χ4n) is 3.10. The molecule has 2 atom stereocenters. The lowest BCUT2D eigenvalue weighted by Crippen LogP contribution is -2.34. The number of hydrogen-bond acceptors (Lipinski definition) is 3. The van der Waals surface area contributed by atoms with E-state index in [0.29, 0.717) is 11.8 Å². The molecule has 0 bridgehead atoms. The minimum absolute atomic E-state index is 0. The Morgan fingerprint density at radius 3 is 3.00 bits per heavy atom. The third kappa shape index (κ3) is 1.89. The van der Waals surface area contributed by atoms with Gasteiger partial charge in [0.15, 0.2) is 5.65 Å². The van der Waals surface area contributed by atoms with Crippen LogP contribution < -0.4 is 5.32 Å². The molecule has 2 unspecified atom stereocenters. The van der Waals surface area contributed by atoms with E-state index in [2.05, 4.69) is 37.7 Å². The van der Waals surface area contributed by atoms with Gasteiger partial charge in [-0.1, -0.05) is 6.92 Å². The zero-order chi connectivity index (χ0) is 12.8. The number of H-pyrrole nitrogens is 1. The van der Waals surface area contributed by atoms with E-state index in [9.17, 15) is 0 Å². The highest BCUT2D eigenvalue weighted by Crippen LogP contribution is 2.29. The van der Waals surface area contributed by atoms with Crippen LogP contribution in [-0.4, -0.2) is 32.4 Å². The van der Waals surface area contributed by atoms with Crippen molar-refractivity contribution in [3.05, 3.63) is 30.5 Å². The average molecular weight is 292 g/mol. The van der Waals surface area contributed by atoms with Gasteiger partial charge in [-0.25, -0.2) is 9.97 Å². The smallest absolute Gasteiger partial charge is 0.154 e. The Kier molecular flexibility index (Phi) is 3.40. The highest BCUT2D eigenvalue weighted by Gasteiger charge is 2.26. The maximum Gasteiger partial charge on any atom is 0.154 e. The molecule has 3 aromatic heterocycles. The van der Waals surface area contributed by atoms with Crippen molar-refractivity contribution in [2.45, 2.75) is 19.3 Å². The molecule has 4 rings (SSSR count). The molecule has 0 amide bonds. The van der Waals surface area contributed by atoms with Gasteiger partial charge in [-0.15, -0.1) is 12.4 Å². The summed E-state index contributed by atoms with van der Waals surface area (Å²) >= 11 is 0. The average Bonchev–Trinajstić information content (AvgIpc) is 3.04.